The molecule has 0 spiro atoms. The molecule has 0 saturated heterocycles. The first-order chi connectivity index (χ1) is 5.74. The zero-order valence-corrected chi connectivity index (χ0v) is 7.16. The van der Waals surface area contributed by atoms with Gasteiger partial charge in [0.1, 0.15) is 0 Å². The standard InChI is InChI=1S/C4H5N3O3.C2H6/c1-2-5-4(10-7-2)3(8)6-9;1-2/h9H,1H3,(H,6,8);1-2H3. The van der Waals surface area contributed by atoms with E-state index < -0.39 is 5.91 Å². The second-order valence-electron chi connectivity index (χ2n) is 1.59. The number of aryl methyl sites for hydroxylation is 1. The summed E-state index contributed by atoms with van der Waals surface area (Å²) in [6.07, 6.45) is 0. The summed E-state index contributed by atoms with van der Waals surface area (Å²) >= 11 is 0. The van der Waals surface area contributed by atoms with Crippen LogP contribution in [0.1, 0.15) is 30.4 Å². The number of nitrogens with one attached hydrogen (secondary N) is 1. The first kappa shape index (κ1) is 10.6. The molecule has 1 aromatic heterocycles. The van der Waals surface area contributed by atoms with Crippen molar-refractivity contribution in [1.82, 2.24) is 15.6 Å². The number of hydrogen-bond donors (Lipinski definition) is 2. The third kappa shape index (κ3) is 2.67. The van der Waals surface area contributed by atoms with Gasteiger partial charge in [-0.1, -0.05) is 19.0 Å². The van der Waals surface area contributed by atoms with E-state index in [0.29, 0.717) is 5.82 Å². The molecule has 6 nitrogen and oxygen atoms in total. The maximum atomic E-state index is 10.5. The molecule has 1 rings (SSSR count). The predicted molar refractivity (Wildman–Crippen MR) is 39.6 cm³/mol. The summed E-state index contributed by atoms with van der Waals surface area (Å²) in [6.45, 7) is 5.57. The molecule has 1 heterocycles. The molecule has 0 aliphatic carbocycles. The first-order valence-corrected chi connectivity index (χ1v) is 3.49. The second-order valence-corrected chi connectivity index (χ2v) is 1.59. The van der Waals surface area contributed by atoms with E-state index in [9.17, 15) is 4.79 Å². The van der Waals surface area contributed by atoms with Gasteiger partial charge in [0.2, 0.25) is 0 Å². The van der Waals surface area contributed by atoms with E-state index in [-0.39, 0.29) is 5.89 Å². The van der Waals surface area contributed by atoms with Crippen molar-refractivity contribution in [3.8, 4) is 0 Å². The number of amides is 1. The Kier molecular flexibility index (Phi) is 4.62. The molecule has 0 saturated carbocycles. The SMILES string of the molecule is CC.Cc1noc(C(=O)NO)n1. The highest BCUT2D eigenvalue weighted by Crippen LogP contribution is 1.93. The minimum Gasteiger partial charge on any atom is -0.328 e. The van der Waals surface area contributed by atoms with Crippen LogP contribution in [0, 0.1) is 6.92 Å². The van der Waals surface area contributed by atoms with Crippen LogP contribution in [0.5, 0.6) is 0 Å². The van der Waals surface area contributed by atoms with Crippen LogP contribution in [0.25, 0.3) is 0 Å². The van der Waals surface area contributed by atoms with E-state index in [1.165, 1.54) is 5.48 Å². The molecule has 0 bridgehead atoms. The molecule has 0 aromatic carbocycles. The Morgan fingerprint density at radius 2 is 2.17 bits per heavy atom. The molecule has 1 amide bonds. The molecule has 2 N–H and O–H groups in total. The number of hydroxylamine groups is 1. The van der Waals surface area contributed by atoms with Crippen molar-refractivity contribution in [3.63, 3.8) is 0 Å². The quantitative estimate of drug-likeness (QED) is 0.477. The Balaban J connectivity index is 0.000000561. The van der Waals surface area contributed by atoms with Crippen molar-refractivity contribution in [2.24, 2.45) is 0 Å². The Labute approximate surface area is 69.5 Å². The van der Waals surface area contributed by atoms with Crippen molar-refractivity contribution in [2.75, 3.05) is 0 Å². The van der Waals surface area contributed by atoms with Gasteiger partial charge in [-0.25, -0.2) is 5.48 Å². The highest BCUT2D eigenvalue weighted by atomic mass is 16.5. The molecule has 0 radical (unpaired) electrons. The minimum absolute atomic E-state index is 0.250. The normalized spacial score (nSPS) is 8.33. The van der Waals surface area contributed by atoms with E-state index in [4.69, 9.17) is 5.21 Å². The molecule has 0 unspecified atom stereocenters. The van der Waals surface area contributed by atoms with Crippen LogP contribution in [-0.2, 0) is 0 Å². The fourth-order valence-corrected chi connectivity index (χ4v) is 0.437. The zero-order valence-electron chi connectivity index (χ0n) is 7.16. The van der Waals surface area contributed by atoms with Crippen LogP contribution < -0.4 is 5.48 Å². The van der Waals surface area contributed by atoms with Crippen molar-refractivity contribution in [1.29, 1.82) is 0 Å². The van der Waals surface area contributed by atoms with Crippen molar-refractivity contribution in [2.45, 2.75) is 20.8 Å². The van der Waals surface area contributed by atoms with E-state index in [1.54, 1.807) is 6.92 Å². The highest BCUT2D eigenvalue weighted by molar-refractivity contribution is 5.88. The van der Waals surface area contributed by atoms with E-state index in [0.717, 1.165) is 0 Å². The average molecular weight is 173 g/mol. The molecule has 12 heavy (non-hydrogen) atoms. The smallest absolute Gasteiger partial charge is 0.328 e. The summed E-state index contributed by atoms with van der Waals surface area (Å²) in [5, 5.41) is 11.4. The first-order valence-electron chi connectivity index (χ1n) is 3.49. The Morgan fingerprint density at radius 3 is 2.50 bits per heavy atom. The fourth-order valence-electron chi connectivity index (χ4n) is 0.437. The maximum Gasteiger partial charge on any atom is 0.333 e. The number of hydrogen-bond acceptors (Lipinski definition) is 5. The minimum atomic E-state index is -0.805. The number of aromatic nitrogens is 2. The molecule has 1 aromatic rings. The van der Waals surface area contributed by atoms with Crippen LogP contribution in [0.2, 0.25) is 0 Å². The molecule has 0 aliphatic rings. The van der Waals surface area contributed by atoms with Gasteiger partial charge in [-0.05, 0) is 6.92 Å². The topological polar surface area (TPSA) is 88.2 Å². The Hall–Kier alpha value is -1.43. The summed E-state index contributed by atoms with van der Waals surface area (Å²) < 4.78 is 4.38. The van der Waals surface area contributed by atoms with Crippen LogP contribution in [0.3, 0.4) is 0 Å². The Morgan fingerprint density at radius 1 is 1.58 bits per heavy atom. The molecule has 0 aliphatic heterocycles. The molecule has 0 atom stereocenters. The van der Waals surface area contributed by atoms with Crippen LogP contribution in [0.15, 0.2) is 4.52 Å². The summed E-state index contributed by atoms with van der Waals surface area (Å²) in [5.41, 5.74) is 1.36. The summed E-state index contributed by atoms with van der Waals surface area (Å²) in [6, 6.07) is 0. The Bertz CT molecular complexity index is 246. The lowest BCUT2D eigenvalue weighted by Gasteiger charge is -1.85. The number of carbonyl (C=O) groups excluding carboxylic acids is 1. The lowest BCUT2D eigenvalue weighted by Crippen LogP contribution is -2.18. The lowest BCUT2D eigenvalue weighted by atomic mass is 10.6. The van der Waals surface area contributed by atoms with Crippen LogP contribution in [0.4, 0.5) is 0 Å². The van der Waals surface area contributed by atoms with Gasteiger partial charge in [0.15, 0.2) is 5.82 Å². The summed E-state index contributed by atoms with van der Waals surface area (Å²) in [7, 11) is 0. The van der Waals surface area contributed by atoms with Gasteiger partial charge in [0.25, 0.3) is 0 Å². The monoisotopic (exact) mass is 173 g/mol. The average Bonchev–Trinajstić information content (AvgIpc) is 2.54. The van der Waals surface area contributed by atoms with Crippen molar-refractivity contribution < 1.29 is 14.5 Å². The van der Waals surface area contributed by atoms with Gasteiger partial charge in [-0.3, -0.25) is 10.0 Å². The zero-order chi connectivity index (χ0) is 9.56. The van der Waals surface area contributed by atoms with E-state index in [2.05, 4.69) is 14.7 Å². The van der Waals surface area contributed by atoms with Gasteiger partial charge >= 0.3 is 11.8 Å². The molecule has 68 valence electrons. The van der Waals surface area contributed by atoms with Gasteiger partial charge in [0.05, 0.1) is 0 Å². The van der Waals surface area contributed by atoms with Gasteiger partial charge in [0, 0.05) is 0 Å². The number of rotatable bonds is 1. The largest absolute Gasteiger partial charge is 0.333 e. The third-order valence-corrected chi connectivity index (χ3v) is 0.823. The van der Waals surface area contributed by atoms with E-state index in [1.807, 2.05) is 13.8 Å². The van der Waals surface area contributed by atoms with Gasteiger partial charge < -0.3 is 4.52 Å². The lowest BCUT2D eigenvalue weighted by molar-refractivity contribution is 0.0659. The summed E-state index contributed by atoms with van der Waals surface area (Å²) in [5.74, 6) is -0.709. The highest BCUT2D eigenvalue weighted by Gasteiger charge is 2.10. The van der Waals surface area contributed by atoms with Gasteiger partial charge in [-0.2, -0.15) is 4.98 Å². The number of carbonyl (C=O) groups is 1. The number of nitrogens with zero attached hydrogens (tertiary/aromatic N) is 2. The van der Waals surface area contributed by atoms with Crippen LogP contribution in [-0.4, -0.2) is 21.3 Å². The van der Waals surface area contributed by atoms with Gasteiger partial charge in [-0.15, -0.1) is 0 Å². The van der Waals surface area contributed by atoms with E-state index >= 15 is 0 Å². The second kappa shape index (κ2) is 5.25. The van der Waals surface area contributed by atoms with Crippen molar-refractivity contribution >= 4 is 5.91 Å². The third-order valence-electron chi connectivity index (χ3n) is 0.823. The predicted octanol–water partition coefficient (Wildman–Crippen LogP) is 0.523. The fraction of sp³-hybridized carbons (Fsp3) is 0.500. The molecule has 0 fully saturated rings. The maximum absolute atomic E-state index is 10.5. The molecular weight excluding hydrogens is 162 g/mol. The van der Waals surface area contributed by atoms with Crippen molar-refractivity contribution in [3.05, 3.63) is 11.7 Å². The summed E-state index contributed by atoms with van der Waals surface area (Å²) in [4.78, 5) is 14.0. The molecule has 6 heteroatoms. The van der Waals surface area contributed by atoms with Crippen LogP contribution >= 0.6 is 0 Å². The molecular formula is C6H11N3O3.